The van der Waals surface area contributed by atoms with Crippen LogP contribution in [-0.4, -0.2) is 131 Å². The van der Waals surface area contributed by atoms with Crippen LogP contribution in [0.3, 0.4) is 0 Å². The van der Waals surface area contributed by atoms with Gasteiger partial charge in [0.15, 0.2) is 5.78 Å². The number of carbonyl (C=O) groups excluding carboxylic acids is 4. The first-order valence-corrected chi connectivity index (χ1v) is 22.5. The van der Waals surface area contributed by atoms with Crippen molar-refractivity contribution in [2.24, 2.45) is 0 Å². The summed E-state index contributed by atoms with van der Waals surface area (Å²) in [4.78, 5) is 61.7. The first kappa shape index (κ1) is 51.6. The third-order valence-electron chi connectivity index (χ3n) is 11.7. The van der Waals surface area contributed by atoms with Gasteiger partial charge in [-0.2, -0.15) is 26.3 Å². The summed E-state index contributed by atoms with van der Waals surface area (Å²) in [6.45, 7) is 14.2. The zero-order valence-corrected chi connectivity index (χ0v) is 38.7. The third-order valence-corrected chi connectivity index (χ3v) is 11.7. The van der Waals surface area contributed by atoms with Crippen LogP contribution in [0.1, 0.15) is 55.1 Å². The van der Waals surface area contributed by atoms with E-state index >= 15 is 0 Å². The summed E-state index contributed by atoms with van der Waals surface area (Å²) in [5, 5.41) is 8.12. The number of halogens is 6. The molecular weight excluding hydrogens is 909 g/mol. The summed E-state index contributed by atoms with van der Waals surface area (Å²) in [5.74, 6) is -4.40. The molecule has 1 aromatic heterocycles. The largest absolute Gasteiger partial charge is 0.471 e. The number of aromatic nitrogens is 2. The molecule has 0 unspecified atom stereocenters. The summed E-state index contributed by atoms with van der Waals surface area (Å²) in [5.41, 5.74) is 3.61. The van der Waals surface area contributed by atoms with E-state index in [-0.39, 0.29) is 30.1 Å². The number of Topliss-reactive ketones (excluding diaryl/α,β-unsaturated/α-hetero) is 1. The molecule has 2 fully saturated rings. The van der Waals surface area contributed by atoms with Gasteiger partial charge in [0, 0.05) is 86.9 Å². The molecule has 69 heavy (non-hydrogen) atoms. The van der Waals surface area contributed by atoms with Gasteiger partial charge in [0.2, 0.25) is 5.89 Å². The monoisotopic (exact) mass is 963 g/mol. The highest BCUT2D eigenvalue weighted by Crippen LogP contribution is 2.31. The van der Waals surface area contributed by atoms with Crippen LogP contribution in [0.15, 0.2) is 114 Å². The van der Waals surface area contributed by atoms with Crippen LogP contribution >= 0.6 is 0 Å². The van der Waals surface area contributed by atoms with Crippen molar-refractivity contribution in [2.75, 3.05) is 68.7 Å². The first-order valence-electron chi connectivity index (χ1n) is 22.5. The molecule has 20 heteroatoms. The number of hydrogen-bond acceptors (Lipinski definition) is 9. The van der Waals surface area contributed by atoms with Gasteiger partial charge in [-0.1, -0.05) is 72.8 Å². The van der Waals surface area contributed by atoms with E-state index in [4.69, 9.17) is 4.42 Å². The van der Waals surface area contributed by atoms with Crippen LogP contribution in [0.2, 0.25) is 0 Å². The first-order chi connectivity index (χ1) is 32.8. The number of amides is 5. The van der Waals surface area contributed by atoms with Crippen molar-refractivity contribution in [3.8, 4) is 11.5 Å². The van der Waals surface area contributed by atoms with Gasteiger partial charge in [0.25, 0.3) is 0 Å². The average Bonchev–Trinajstić information content (AvgIpc) is 3.86. The van der Waals surface area contributed by atoms with E-state index in [1.54, 1.807) is 51.5 Å². The van der Waals surface area contributed by atoms with Crippen molar-refractivity contribution >= 4 is 35.1 Å². The van der Waals surface area contributed by atoms with Crippen LogP contribution in [0, 0.1) is 0 Å². The number of anilines is 2. The van der Waals surface area contributed by atoms with Gasteiger partial charge in [-0.05, 0) is 75.2 Å². The number of urea groups is 2. The molecule has 7 rings (SSSR count). The fourth-order valence-corrected chi connectivity index (χ4v) is 7.69. The topological polar surface area (TPSA) is 139 Å². The SMILES string of the molecule is CC(C)N1CCN(C(=O)N(Cc2ccc(-c3nnc(C(F)(F)F)o3)cc2)c2ccccc2)CC1.CC(C)N1CCN(C(=O)N(Cc2ccc(C(=O)CNC(=O)C(F)(F)F)cc2)c2ccccc2)CC1. The number of benzene rings is 4. The maximum atomic E-state index is 13.5. The minimum absolute atomic E-state index is 0.0783. The Bertz CT molecular complexity index is 2450. The molecule has 5 amide bonds. The summed E-state index contributed by atoms with van der Waals surface area (Å²) in [6, 6.07) is 32.3. The van der Waals surface area contributed by atoms with E-state index in [0.29, 0.717) is 50.4 Å². The Morgan fingerprint density at radius 1 is 0.594 bits per heavy atom. The maximum absolute atomic E-state index is 13.5. The highest BCUT2D eigenvalue weighted by Gasteiger charge is 2.39. The Labute approximate surface area is 396 Å². The van der Waals surface area contributed by atoms with Crippen LogP contribution in [-0.2, 0) is 24.1 Å². The second kappa shape index (κ2) is 23.0. The van der Waals surface area contributed by atoms with Gasteiger partial charge in [0.05, 0.1) is 19.6 Å². The molecule has 0 aliphatic carbocycles. The molecule has 3 heterocycles. The number of hydrogen-bond donors (Lipinski definition) is 1. The Hall–Kier alpha value is -6.80. The molecule has 2 aliphatic heterocycles. The summed E-state index contributed by atoms with van der Waals surface area (Å²) >= 11 is 0. The van der Waals surface area contributed by atoms with Crippen molar-refractivity contribution in [2.45, 2.75) is 65.2 Å². The lowest BCUT2D eigenvalue weighted by atomic mass is 10.1. The Morgan fingerprint density at radius 3 is 1.39 bits per heavy atom. The predicted molar refractivity (Wildman–Crippen MR) is 247 cm³/mol. The molecule has 368 valence electrons. The van der Waals surface area contributed by atoms with Crippen LogP contribution in [0.25, 0.3) is 11.5 Å². The van der Waals surface area contributed by atoms with Crippen molar-refractivity contribution in [3.05, 3.63) is 132 Å². The summed E-state index contributed by atoms with van der Waals surface area (Å²) < 4.78 is 79.9. The predicted octanol–water partition coefficient (Wildman–Crippen LogP) is 8.61. The highest BCUT2D eigenvalue weighted by atomic mass is 19.4. The number of piperazine rings is 2. The van der Waals surface area contributed by atoms with Crippen molar-refractivity contribution in [3.63, 3.8) is 0 Å². The van der Waals surface area contributed by atoms with Crippen LogP contribution < -0.4 is 15.1 Å². The zero-order chi connectivity index (χ0) is 49.9. The molecule has 0 saturated carbocycles. The lowest BCUT2D eigenvalue weighted by Gasteiger charge is -2.39. The van der Waals surface area contributed by atoms with Gasteiger partial charge >= 0.3 is 36.2 Å². The molecule has 2 saturated heterocycles. The molecule has 1 N–H and O–H groups in total. The standard InChI is InChI=1S/C25H29F3N4O3.C24H26F3N5O2/c1-18(2)30-12-14-31(15-13-30)24(35)32(21-6-4-3-5-7-21)17-19-8-10-20(11-9-19)22(33)16-29-23(34)25(26,27)28;1-17(2)30-12-14-31(15-13-30)23(33)32(20-6-4-3-5-7-20)16-18-8-10-19(11-9-18)21-28-29-22(34-21)24(25,26)27/h3-11,18H,12-17H2,1-2H3,(H,29,34);3-11,17H,12-16H2,1-2H3. The Kier molecular flexibility index (Phi) is 17.2. The minimum atomic E-state index is -5.04. The number of carbonyl (C=O) groups is 4. The van der Waals surface area contributed by atoms with Crippen molar-refractivity contribution < 1.29 is 49.9 Å². The molecule has 0 atom stereocenters. The lowest BCUT2D eigenvalue weighted by molar-refractivity contribution is -0.173. The quantitative estimate of drug-likeness (QED) is 0.0963. The molecular formula is C49H55F6N9O5. The van der Waals surface area contributed by atoms with Gasteiger partial charge in [-0.3, -0.25) is 29.2 Å². The highest BCUT2D eigenvalue weighted by molar-refractivity contribution is 6.00. The molecule has 2 aliphatic rings. The van der Waals surface area contributed by atoms with Gasteiger partial charge in [-0.15, -0.1) is 10.2 Å². The molecule has 4 aromatic carbocycles. The fourth-order valence-electron chi connectivity index (χ4n) is 7.69. The Balaban J connectivity index is 0.000000227. The number of rotatable bonds is 12. The summed E-state index contributed by atoms with van der Waals surface area (Å²) in [7, 11) is 0. The summed E-state index contributed by atoms with van der Waals surface area (Å²) in [6.07, 6.45) is -9.73. The molecule has 0 radical (unpaired) electrons. The average molecular weight is 964 g/mol. The smallest absolute Gasteiger partial charge is 0.413 e. The minimum Gasteiger partial charge on any atom is -0.413 e. The molecule has 0 spiro atoms. The zero-order valence-electron chi connectivity index (χ0n) is 38.7. The van der Waals surface area contributed by atoms with Crippen LogP contribution in [0.5, 0.6) is 0 Å². The lowest BCUT2D eigenvalue weighted by Crippen LogP contribution is -2.54. The molecule has 0 bridgehead atoms. The second-order valence-corrected chi connectivity index (χ2v) is 17.0. The van der Waals surface area contributed by atoms with E-state index in [0.717, 1.165) is 48.7 Å². The fraction of sp³-hybridized carbons (Fsp3) is 0.388. The molecule has 14 nitrogen and oxygen atoms in total. The van der Waals surface area contributed by atoms with E-state index in [1.807, 2.05) is 70.5 Å². The van der Waals surface area contributed by atoms with Gasteiger partial charge in [0.1, 0.15) is 0 Å². The van der Waals surface area contributed by atoms with Crippen LogP contribution in [0.4, 0.5) is 47.3 Å². The maximum Gasteiger partial charge on any atom is 0.471 e. The van der Waals surface area contributed by atoms with E-state index in [1.165, 1.54) is 12.1 Å². The number of ketones is 1. The second-order valence-electron chi connectivity index (χ2n) is 17.0. The van der Waals surface area contributed by atoms with Gasteiger partial charge < -0.3 is 19.5 Å². The number of para-hydroxylation sites is 2. The normalized spacial score (nSPS) is 14.8. The number of nitrogens with one attached hydrogen (secondary N) is 1. The van der Waals surface area contributed by atoms with Gasteiger partial charge in [-0.25, -0.2) is 9.59 Å². The third kappa shape index (κ3) is 14.1. The van der Waals surface area contributed by atoms with Crippen molar-refractivity contribution in [1.29, 1.82) is 0 Å². The van der Waals surface area contributed by atoms with E-state index in [9.17, 15) is 45.5 Å². The number of nitrogens with zero attached hydrogens (tertiary/aromatic N) is 8. The van der Waals surface area contributed by atoms with E-state index in [2.05, 4.69) is 47.7 Å². The van der Waals surface area contributed by atoms with Crippen molar-refractivity contribution in [1.82, 2.24) is 35.1 Å². The molecule has 5 aromatic rings. The Morgan fingerprint density at radius 2 is 1.01 bits per heavy atom. The number of alkyl halides is 6. The van der Waals surface area contributed by atoms with E-state index < -0.39 is 36.5 Å².